The van der Waals surface area contributed by atoms with E-state index in [0.717, 1.165) is 16.9 Å². The van der Waals surface area contributed by atoms with Gasteiger partial charge in [0.15, 0.2) is 5.69 Å². The Labute approximate surface area is 112 Å². The molecule has 0 atom stereocenters. The van der Waals surface area contributed by atoms with Crippen LogP contribution in [-0.2, 0) is 10.1 Å². The zero-order valence-electron chi connectivity index (χ0n) is 9.78. The zero-order chi connectivity index (χ0) is 14.8. The first-order valence-electron chi connectivity index (χ1n) is 5.15. The van der Waals surface area contributed by atoms with Crippen molar-refractivity contribution in [3.63, 3.8) is 0 Å². The van der Waals surface area contributed by atoms with Crippen LogP contribution in [0, 0.1) is 0 Å². The molecule has 9 nitrogen and oxygen atoms in total. The number of aromatic carboxylic acids is 1. The summed E-state index contributed by atoms with van der Waals surface area (Å²) in [4.78, 5) is 11.3. The van der Waals surface area contributed by atoms with Gasteiger partial charge in [-0.1, -0.05) is 0 Å². The molecule has 2 aromatic rings. The van der Waals surface area contributed by atoms with E-state index >= 15 is 0 Å². The Morgan fingerprint density at radius 1 is 1.20 bits per heavy atom. The molecule has 1 heterocycles. The first kappa shape index (κ1) is 13.8. The van der Waals surface area contributed by atoms with Crippen LogP contribution in [0.4, 0.5) is 5.69 Å². The van der Waals surface area contributed by atoms with Crippen LogP contribution in [-0.4, -0.2) is 33.9 Å². The second kappa shape index (κ2) is 5.19. The van der Waals surface area contributed by atoms with Crippen LogP contribution < -0.4 is 0 Å². The largest absolute Gasteiger partial charge is 0.476 e. The summed E-state index contributed by atoms with van der Waals surface area (Å²) in [6.07, 6.45) is 1.31. The lowest BCUT2D eigenvalue weighted by molar-refractivity contribution is 0.0689. The molecule has 0 unspecified atom stereocenters. The molecule has 1 aromatic heterocycles. The molecule has 1 aromatic carbocycles. The number of aromatic nitrogens is 2. The van der Waals surface area contributed by atoms with Gasteiger partial charge in [-0.25, -0.2) is 4.79 Å². The van der Waals surface area contributed by atoms with E-state index < -0.39 is 16.1 Å². The summed E-state index contributed by atoms with van der Waals surface area (Å²) in [6.45, 7) is 0. The van der Waals surface area contributed by atoms with E-state index in [1.54, 1.807) is 0 Å². The average molecular weight is 296 g/mol. The van der Waals surface area contributed by atoms with Crippen LogP contribution in [0.25, 0.3) is 0 Å². The lowest BCUT2D eigenvalue weighted by Gasteiger charge is -1.96. The first-order valence-corrected chi connectivity index (χ1v) is 6.59. The van der Waals surface area contributed by atoms with Crippen molar-refractivity contribution in [2.75, 3.05) is 0 Å². The molecule has 0 radical (unpaired) electrons. The number of hydrogen-bond donors (Lipinski definition) is 2. The number of carboxylic acids is 1. The van der Waals surface area contributed by atoms with Gasteiger partial charge in [0.1, 0.15) is 0 Å². The molecule has 0 aliphatic rings. The number of rotatable bonds is 4. The molecular formula is C10H8N4O5S. The Bertz CT molecular complexity index is 763. The van der Waals surface area contributed by atoms with Gasteiger partial charge in [-0.15, -0.1) is 15.0 Å². The van der Waals surface area contributed by atoms with E-state index in [2.05, 4.69) is 15.4 Å². The van der Waals surface area contributed by atoms with Crippen molar-refractivity contribution >= 4 is 21.8 Å². The van der Waals surface area contributed by atoms with E-state index in [-0.39, 0.29) is 10.6 Å². The molecule has 2 rings (SSSR count). The van der Waals surface area contributed by atoms with E-state index in [9.17, 15) is 13.2 Å². The molecule has 104 valence electrons. The SMILES string of the molecule is O=C(O)c1ccn(N=Nc2ccc(S(=O)(=O)O)cc2)n1. The van der Waals surface area contributed by atoms with E-state index in [4.69, 9.17) is 9.66 Å². The standard InChI is InChI=1S/C10H8N4O5S/c15-10(16)9-5-6-14(12-9)13-11-7-1-3-8(4-2-7)20(17,18)19/h1-6H,(H,15,16)(H,17,18,19). The Morgan fingerprint density at radius 3 is 2.35 bits per heavy atom. The first-order chi connectivity index (χ1) is 9.36. The van der Waals surface area contributed by atoms with Gasteiger partial charge in [0, 0.05) is 0 Å². The highest BCUT2D eigenvalue weighted by molar-refractivity contribution is 7.85. The molecule has 0 amide bonds. The van der Waals surface area contributed by atoms with Crippen molar-refractivity contribution in [3.8, 4) is 0 Å². The number of nitrogens with zero attached hydrogens (tertiary/aromatic N) is 4. The maximum Gasteiger partial charge on any atom is 0.356 e. The molecule has 2 N–H and O–H groups in total. The summed E-state index contributed by atoms with van der Waals surface area (Å²) in [5, 5.41) is 19.6. The maximum absolute atomic E-state index is 10.8. The summed E-state index contributed by atoms with van der Waals surface area (Å²) in [7, 11) is -4.25. The third-order valence-corrected chi connectivity index (χ3v) is 3.05. The van der Waals surface area contributed by atoms with Crippen molar-refractivity contribution in [1.82, 2.24) is 9.89 Å². The van der Waals surface area contributed by atoms with Crippen LogP contribution >= 0.6 is 0 Å². The predicted octanol–water partition coefficient (Wildman–Crippen LogP) is 1.38. The summed E-state index contributed by atoms with van der Waals surface area (Å²) in [5.41, 5.74) is 0.135. The van der Waals surface area contributed by atoms with Crippen molar-refractivity contribution in [2.24, 2.45) is 10.3 Å². The second-order valence-electron chi connectivity index (χ2n) is 3.58. The number of carboxylic acid groups (broad SMARTS) is 1. The zero-order valence-corrected chi connectivity index (χ0v) is 10.6. The minimum absolute atomic E-state index is 0.175. The van der Waals surface area contributed by atoms with E-state index in [1.807, 2.05) is 0 Å². The van der Waals surface area contributed by atoms with Gasteiger partial charge in [0.25, 0.3) is 10.1 Å². The van der Waals surface area contributed by atoms with Crippen LogP contribution in [0.3, 0.4) is 0 Å². The van der Waals surface area contributed by atoms with Gasteiger partial charge >= 0.3 is 5.97 Å². The predicted molar refractivity (Wildman–Crippen MR) is 65.4 cm³/mol. The Morgan fingerprint density at radius 2 is 1.85 bits per heavy atom. The molecule has 0 fully saturated rings. The lowest BCUT2D eigenvalue weighted by atomic mass is 10.3. The highest BCUT2D eigenvalue weighted by Crippen LogP contribution is 2.16. The molecule has 0 bridgehead atoms. The van der Waals surface area contributed by atoms with Crippen molar-refractivity contribution in [2.45, 2.75) is 4.90 Å². The minimum Gasteiger partial charge on any atom is -0.476 e. The van der Waals surface area contributed by atoms with Crippen molar-refractivity contribution in [3.05, 3.63) is 42.2 Å². The van der Waals surface area contributed by atoms with Gasteiger partial charge < -0.3 is 5.11 Å². The van der Waals surface area contributed by atoms with Crippen LogP contribution in [0.5, 0.6) is 0 Å². The monoisotopic (exact) mass is 296 g/mol. The Hall–Kier alpha value is -2.59. The number of benzene rings is 1. The fourth-order valence-electron chi connectivity index (χ4n) is 1.26. The van der Waals surface area contributed by atoms with Gasteiger partial charge in [0.05, 0.1) is 16.8 Å². The molecule has 0 saturated heterocycles. The van der Waals surface area contributed by atoms with Gasteiger partial charge in [-0.2, -0.15) is 8.42 Å². The second-order valence-corrected chi connectivity index (χ2v) is 5.01. The average Bonchev–Trinajstić information content (AvgIpc) is 2.85. The minimum atomic E-state index is -4.25. The molecular weight excluding hydrogens is 288 g/mol. The van der Waals surface area contributed by atoms with Gasteiger partial charge in [0.2, 0.25) is 0 Å². The molecule has 0 aliphatic carbocycles. The number of hydrogen-bond acceptors (Lipinski definition) is 6. The van der Waals surface area contributed by atoms with Crippen molar-refractivity contribution < 1.29 is 22.9 Å². The van der Waals surface area contributed by atoms with Gasteiger partial charge in [-0.05, 0) is 35.6 Å². The Kier molecular flexibility index (Phi) is 3.59. The quantitative estimate of drug-likeness (QED) is 0.646. The fraction of sp³-hybridized carbons (Fsp3) is 0. The molecule has 0 spiro atoms. The van der Waals surface area contributed by atoms with Crippen molar-refractivity contribution in [1.29, 1.82) is 0 Å². The van der Waals surface area contributed by atoms with Crippen LogP contribution in [0.15, 0.2) is 51.8 Å². The normalized spacial score (nSPS) is 11.8. The fourth-order valence-corrected chi connectivity index (χ4v) is 1.74. The molecule has 0 aliphatic heterocycles. The van der Waals surface area contributed by atoms with Crippen LogP contribution in [0.2, 0.25) is 0 Å². The van der Waals surface area contributed by atoms with E-state index in [1.165, 1.54) is 24.4 Å². The molecule has 0 saturated carbocycles. The summed E-state index contributed by atoms with van der Waals surface area (Å²) < 4.78 is 30.4. The third kappa shape index (κ3) is 3.24. The van der Waals surface area contributed by atoms with E-state index in [0.29, 0.717) is 5.69 Å². The highest BCUT2D eigenvalue weighted by Gasteiger charge is 2.08. The molecule has 20 heavy (non-hydrogen) atoms. The maximum atomic E-state index is 10.8. The summed E-state index contributed by atoms with van der Waals surface area (Å²) >= 11 is 0. The topological polar surface area (TPSA) is 134 Å². The summed E-state index contributed by atoms with van der Waals surface area (Å²) in [6, 6.07) is 6.23. The highest BCUT2D eigenvalue weighted by atomic mass is 32.2. The van der Waals surface area contributed by atoms with Crippen LogP contribution in [0.1, 0.15) is 10.5 Å². The lowest BCUT2D eigenvalue weighted by Crippen LogP contribution is -1.98. The number of carbonyl (C=O) groups is 1. The third-order valence-electron chi connectivity index (χ3n) is 2.18. The summed E-state index contributed by atoms with van der Waals surface area (Å²) in [5.74, 6) is -1.18. The Balaban J connectivity index is 2.17. The van der Waals surface area contributed by atoms with Gasteiger partial charge in [-0.3, -0.25) is 4.55 Å². The smallest absolute Gasteiger partial charge is 0.356 e. The molecule has 10 heteroatoms.